The number of para-hydroxylation sites is 1. The molecule has 0 unspecified atom stereocenters. The van der Waals surface area contributed by atoms with Crippen LogP contribution in [0.15, 0.2) is 65.1 Å². The highest BCUT2D eigenvalue weighted by molar-refractivity contribution is 6.31. The van der Waals surface area contributed by atoms with Crippen molar-refractivity contribution in [3.63, 3.8) is 0 Å². The summed E-state index contributed by atoms with van der Waals surface area (Å²) in [6.07, 6.45) is 3.15. The average Bonchev–Trinajstić information content (AvgIpc) is 2.94. The Bertz CT molecular complexity index is 837. The summed E-state index contributed by atoms with van der Waals surface area (Å²) in [6, 6.07) is 16.7. The number of furan rings is 1. The topological polar surface area (TPSA) is 33.5 Å². The van der Waals surface area contributed by atoms with Crippen molar-refractivity contribution < 1.29 is 9.21 Å². The summed E-state index contributed by atoms with van der Waals surface area (Å²) in [5.41, 5.74) is 1.58. The zero-order valence-corrected chi connectivity index (χ0v) is 12.7. The molecule has 0 saturated heterocycles. The number of hydrogen-bond donors (Lipinski definition) is 0. The van der Waals surface area contributed by atoms with E-state index in [0.29, 0.717) is 10.8 Å². The second kappa shape index (κ2) is 6.08. The number of fused-ring (bicyclic) bond motifs is 1. The minimum absolute atomic E-state index is 0.121. The lowest BCUT2D eigenvalue weighted by molar-refractivity contribution is -0.113. The monoisotopic (exact) mass is 311 g/mol. The van der Waals surface area contributed by atoms with Gasteiger partial charge in [-0.2, -0.15) is 0 Å². The largest absolute Gasteiger partial charge is 0.457 e. The van der Waals surface area contributed by atoms with Crippen LogP contribution < -0.4 is 4.90 Å². The van der Waals surface area contributed by atoms with E-state index < -0.39 is 0 Å². The SMILES string of the molecule is CN(C(=O)C=Cc1cc2cc(Cl)ccc2o1)c1ccccc1. The number of hydrogen-bond acceptors (Lipinski definition) is 2. The molecule has 1 aromatic heterocycles. The van der Waals surface area contributed by atoms with Gasteiger partial charge in [-0.05, 0) is 42.5 Å². The van der Waals surface area contributed by atoms with Crippen molar-refractivity contribution in [1.82, 2.24) is 0 Å². The molecule has 0 aliphatic heterocycles. The molecule has 4 heteroatoms. The lowest BCUT2D eigenvalue weighted by Crippen LogP contribution is -2.23. The Morgan fingerprint density at radius 3 is 2.68 bits per heavy atom. The predicted octanol–water partition coefficient (Wildman–Crippen LogP) is 4.76. The summed E-state index contributed by atoms with van der Waals surface area (Å²) in [5.74, 6) is 0.497. The molecular formula is C18H14ClNO2. The van der Waals surface area contributed by atoms with Crippen LogP contribution in [0.2, 0.25) is 5.02 Å². The molecule has 3 nitrogen and oxygen atoms in total. The van der Waals surface area contributed by atoms with Crippen LogP contribution in [0.4, 0.5) is 5.69 Å². The Hall–Kier alpha value is -2.52. The molecule has 3 aromatic rings. The minimum Gasteiger partial charge on any atom is -0.457 e. The summed E-state index contributed by atoms with van der Waals surface area (Å²) < 4.78 is 5.64. The van der Waals surface area contributed by atoms with Gasteiger partial charge in [0.25, 0.3) is 5.91 Å². The Kier molecular flexibility index (Phi) is 3.98. The maximum absolute atomic E-state index is 12.2. The van der Waals surface area contributed by atoms with E-state index in [4.69, 9.17) is 16.0 Å². The van der Waals surface area contributed by atoms with Gasteiger partial charge in [0.05, 0.1) is 0 Å². The van der Waals surface area contributed by atoms with Gasteiger partial charge in [-0.3, -0.25) is 4.79 Å². The van der Waals surface area contributed by atoms with Gasteiger partial charge < -0.3 is 9.32 Å². The Morgan fingerprint density at radius 2 is 1.91 bits per heavy atom. The fraction of sp³-hybridized carbons (Fsp3) is 0.0556. The van der Waals surface area contributed by atoms with Crippen LogP contribution in [0, 0.1) is 0 Å². The van der Waals surface area contributed by atoms with Gasteiger partial charge in [-0.1, -0.05) is 29.8 Å². The number of amides is 1. The molecule has 1 heterocycles. The van der Waals surface area contributed by atoms with Crippen LogP contribution in [0.1, 0.15) is 5.76 Å². The van der Waals surface area contributed by atoms with E-state index in [1.54, 1.807) is 24.1 Å². The fourth-order valence-corrected chi connectivity index (χ4v) is 2.34. The molecule has 0 spiro atoms. The van der Waals surface area contributed by atoms with E-state index >= 15 is 0 Å². The predicted molar refractivity (Wildman–Crippen MR) is 90.1 cm³/mol. The van der Waals surface area contributed by atoms with Crippen molar-refractivity contribution in [1.29, 1.82) is 0 Å². The second-order valence-electron chi connectivity index (χ2n) is 4.90. The summed E-state index contributed by atoms with van der Waals surface area (Å²) >= 11 is 5.94. The number of rotatable bonds is 3. The first-order chi connectivity index (χ1) is 10.6. The molecule has 0 radical (unpaired) electrons. The van der Waals surface area contributed by atoms with E-state index in [9.17, 15) is 4.79 Å². The smallest absolute Gasteiger partial charge is 0.250 e. The molecule has 22 heavy (non-hydrogen) atoms. The van der Waals surface area contributed by atoms with E-state index in [2.05, 4.69) is 0 Å². The highest BCUT2D eigenvalue weighted by Gasteiger charge is 2.07. The number of carbonyl (C=O) groups is 1. The molecule has 0 aliphatic carbocycles. The first-order valence-corrected chi connectivity index (χ1v) is 7.21. The van der Waals surface area contributed by atoms with Gasteiger partial charge in [0.15, 0.2) is 0 Å². The number of carbonyl (C=O) groups excluding carboxylic acids is 1. The van der Waals surface area contributed by atoms with Crippen molar-refractivity contribution in [2.45, 2.75) is 0 Å². The lowest BCUT2D eigenvalue weighted by Gasteiger charge is -2.14. The molecule has 0 atom stereocenters. The Morgan fingerprint density at radius 1 is 1.14 bits per heavy atom. The zero-order valence-electron chi connectivity index (χ0n) is 12.0. The van der Waals surface area contributed by atoms with E-state index in [-0.39, 0.29) is 5.91 Å². The minimum atomic E-state index is -0.121. The van der Waals surface area contributed by atoms with Crippen molar-refractivity contribution in [3.05, 3.63) is 71.5 Å². The molecule has 3 rings (SSSR count). The normalized spacial score (nSPS) is 11.2. The van der Waals surface area contributed by atoms with Crippen LogP contribution in [0.25, 0.3) is 17.0 Å². The van der Waals surface area contributed by atoms with Crippen LogP contribution >= 0.6 is 11.6 Å². The molecule has 110 valence electrons. The zero-order chi connectivity index (χ0) is 15.5. The number of halogens is 1. The molecule has 0 saturated carbocycles. The molecular weight excluding hydrogens is 298 g/mol. The van der Waals surface area contributed by atoms with Gasteiger partial charge in [-0.25, -0.2) is 0 Å². The summed E-state index contributed by atoms with van der Waals surface area (Å²) in [7, 11) is 1.74. The van der Waals surface area contributed by atoms with Crippen LogP contribution in [-0.2, 0) is 4.79 Å². The number of nitrogens with zero attached hydrogens (tertiary/aromatic N) is 1. The maximum Gasteiger partial charge on any atom is 0.250 e. The average molecular weight is 312 g/mol. The van der Waals surface area contributed by atoms with Crippen LogP contribution in [0.5, 0.6) is 0 Å². The number of likely N-dealkylation sites (N-methyl/N-ethyl adjacent to an activating group) is 1. The van der Waals surface area contributed by atoms with Gasteiger partial charge in [-0.15, -0.1) is 0 Å². The van der Waals surface area contributed by atoms with Gasteiger partial charge in [0.1, 0.15) is 11.3 Å². The standard InChI is InChI=1S/C18H14ClNO2/c1-20(15-5-3-2-4-6-15)18(21)10-8-16-12-13-11-14(19)7-9-17(13)22-16/h2-12H,1H3. The first-order valence-electron chi connectivity index (χ1n) is 6.83. The van der Waals surface area contributed by atoms with E-state index in [1.165, 1.54) is 6.08 Å². The van der Waals surface area contributed by atoms with Gasteiger partial charge in [0.2, 0.25) is 0 Å². The number of anilines is 1. The van der Waals surface area contributed by atoms with Crippen molar-refractivity contribution >= 4 is 40.2 Å². The molecule has 0 bridgehead atoms. The molecule has 0 aliphatic rings. The Labute approximate surface area is 133 Å². The van der Waals surface area contributed by atoms with E-state index in [0.717, 1.165) is 16.7 Å². The summed E-state index contributed by atoms with van der Waals surface area (Å²) in [4.78, 5) is 13.7. The summed E-state index contributed by atoms with van der Waals surface area (Å²) in [5, 5.41) is 1.57. The highest BCUT2D eigenvalue weighted by atomic mass is 35.5. The van der Waals surface area contributed by atoms with Crippen molar-refractivity contribution in [2.75, 3.05) is 11.9 Å². The first kappa shape index (κ1) is 14.4. The van der Waals surface area contributed by atoms with Crippen molar-refractivity contribution in [3.8, 4) is 0 Å². The summed E-state index contributed by atoms with van der Waals surface area (Å²) in [6.45, 7) is 0. The quantitative estimate of drug-likeness (QED) is 0.653. The van der Waals surface area contributed by atoms with Gasteiger partial charge >= 0.3 is 0 Å². The third-order valence-corrected chi connectivity index (χ3v) is 3.60. The van der Waals surface area contributed by atoms with Crippen LogP contribution in [0.3, 0.4) is 0 Å². The lowest BCUT2D eigenvalue weighted by atomic mass is 10.2. The van der Waals surface area contributed by atoms with Crippen LogP contribution in [-0.4, -0.2) is 13.0 Å². The maximum atomic E-state index is 12.2. The van der Waals surface area contributed by atoms with Gasteiger partial charge in [0, 0.05) is 29.2 Å². The number of benzene rings is 2. The third-order valence-electron chi connectivity index (χ3n) is 3.36. The third kappa shape index (κ3) is 3.05. The molecule has 1 amide bonds. The molecule has 0 N–H and O–H groups in total. The van der Waals surface area contributed by atoms with Crippen molar-refractivity contribution in [2.24, 2.45) is 0 Å². The fourth-order valence-electron chi connectivity index (χ4n) is 2.16. The molecule has 2 aromatic carbocycles. The highest BCUT2D eigenvalue weighted by Crippen LogP contribution is 2.23. The van der Waals surface area contributed by atoms with E-state index in [1.807, 2.05) is 48.5 Å². The second-order valence-corrected chi connectivity index (χ2v) is 5.33. The molecule has 0 fully saturated rings. The Balaban J connectivity index is 1.78.